The Balaban J connectivity index is 1.92. The molecule has 0 bridgehead atoms. The van der Waals surface area contributed by atoms with Gasteiger partial charge in [-0.3, -0.25) is 4.40 Å². The number of rotatable bonds is 1. The van der Waals surface area contributed by atoms with E-state index in [1.54, 1.807) is 0 Å². The van der Waals surface area contributed by atoms with Crippen LogP contribution in [0.15, 0.2) is 24.3 Å². The maximum atomic E-state index is 9.98. The van der Waals surface area contributed by atoms with Crippen molar-refractivity contribution in [2.75, 3.05) is 31.1 Å². The molecule has 1 fully saturated rings. The van der Waals surface area contributed by atoms with Crippen molar-refractivity contribution in [1.82, 2.24) is 14.7 Å². The summed E-state index contributed by atoms with van der Waals surface area (Å²) in [6.07, 6.45) is 5.67. The number of fused-ring (bicyclic) bond motifs is 4. The van der Waals surface area contributed by atoms with E-state index >= 15 is 0 Å². The molecule has 1 aliphatic carbocycles. The second-order valence-corrected chi connectivity index (χ2v) is 7.32. The number of anilines is 1. The highest BCUT2D eigenvalue weighted by Gasteiger charge is 2.27. The number of pyridine rings is 1. The lowest BCUT2D eigenvalue weighted by atomic mass is 9.98. The van der Waals surface area contributed by atoms with E-state index in [0.717, 1.165) is 61.3 Å². The Kier molecular flexibility index (Phi) is 3.79. The molecule has 132 valence electrons. The predicted octanol–water partition coefficient (Wildman–Crippen LogP) is 3.04. The molecule has 2 aromatic heterocycles. The van der Waals surface area contributed by atoms with Crippen LogP contribution in [0.2, 0.25) is 0 Å². The summed E-state index contributed by atoms with van der Waals surface area (Å²) in [7, 11) is 0. The molecule has 26 heavy (non-hydrogen) atoms. The van der Waals surface area contributed by atoms with Gasteiger partial charge in [-0.15, -0.1) is 0 Å². The van der Waals surface area contributed by atoms with Crippen molar-refractivity contribution < 1.29 is 0 Å². The zero-order valence-electron chi connectivity index (χ0n) is 15.0. The molecule has 1 aliphatic heterocycles. The Hall–Kier alpha value is -2.58. The Bertz CT molecular complexity index is 1020. The van der Waals surface area contributed by atoms with E-state index in [-0.39, 0.29) is 0 Å². The van der Waals surface area contributed by atoms with Gasteiger partial charge in [-0.05, 0) is 48.9 Å². The first-order valence-corrected chi connectivity index (χ1v) is 9.69. The molecule has 5 nitrogen and oxygen atoms in total. The summed E-state index contributed by atoms with van der Waals surface area (Å²) in [6, 6.07) is 10.8. The second-order valence-electron chi connectivity index (χ2n) is 7.32. The van der Waals surface area contributed by atoms with Gasteiger partial charge < -0.3 is 10.2 Å². The lowest BCUT2D eigenvalue weighted by Crippen LogP contribution is -2.44. The van der Waals surface area contributed by atoms with Crippen LogP contribution in [0.25, 0.3) is 16.7 Å². The molecule has 0 saturated carbocycles. The SMILES string of the molecule is N#Cc1c2c(c(N3CCNCC3)n3c1nc1ccccc13)CCCCC2. The second kappa shape index (κ2) is 6.30. The molecule has 0 radical (unpaired) electrons. The first-order valence-electron chi connectivity index (χ1n) is 9.69. The van der Waals surface area contributed by atoms with Crippen LogP contribution < -0.4 is 10.2 Å². The Morgan fingerprint density at radius 1 is 1.00 bits per heavy atom. The minimum absolute atomic E-state index is 0.789. The molecule has 2 aliphatic rings. The van der Waals surface area contributed by atoms with Gasteiger partial charge in [0.15, 0.2) is 5.65 Å². The molecule has 0 spiro atoms. The molecule has 1 aromatic carbocycles. The van der Waals surface area contributed by atoms with Gasteiger partial charge in [0, 0.05) is 26.2 Å². The van der Waals surface area contributed by atoms with Gasteiger partial charge in [-0.1, -0.05) is 18.6 Å². The molecule has 0 amide bonds. The normalized spacial score (nSPS) is 17.9. The highest BCUT2D eigenvalue weighted by Crippen LogP contribution is 2.36. The summed E-state index contributed by atoms with van der Waals surface area (Å²) in [4.78, 5) is 7.38. The molecule has 0 atom stereocenters. The number of para-hydroxylation sites is 2. The van der Waals surface area contributed by atoms with Gasteiger partial charge >= 0.3 is 0 Å². The lowest BCUT2D eigenvalue weighted by molar-refractivity contribution is 0.581. The van der Waals surface area contributed by atoms with Crippen LogP contribution >= 0.6 is 0 Å². The summed E-state index contributed by atoms with van der Waals surface area (Å²) < 4.78 is 2.27. The van der Waals surface area contributed by atoms with Crippen LogP contribution in [-0.4, -0.2) is 35.6 Å². The monoisotopic (exact) mass is 345 g/mol. The number of nitrogens with zero attached hydrogens (tertiary/aromatic N) is 4. The van der Waals surface area contributed by atoms with E-state index in [4.69, 9.17) is 4.98 Å². The summed E-state index contributed by atoms with van der Waals surface area (Å²) >= 11 is 0. The van der Waals surface area contributed by atoms with Crippen LogP contribution in [0.1, 0.15) is 36.0 Å². The zero-order chi connectivity index (χ0) is 17.5. The quantitative estimate of drug-likeness (QED) is 0.689. The van der Waals surface area contributed by atoms with E-state index in [2.05, 4.69) is 38.9 Å². The standard InChI is InChI=1S/C21H23N5/c22-14-17-15-6-2-1-3-7-16(15)21(25-12-10-23-11-13-25)26-19-9-5-4-8-18(19)24-20(17)26/h4-5,8-9,23H,1-3,6-7,10-13H2. The Morgan fingerprint density at radius 3 is 2.58 bits per heavy atom. The van der Waals surface area contributed by atoms with E-state index in [1.807, 2.05) is 6.07 Å². The minimum Gasteiger partial charge on any atom is -0.355 e. The van der Waals surface area contributed by atoms with Crippen LogP contribution in [0, 0.1) is 11.3 Å². The van der Waals surface area contributed by atoms with Crippen molar-refractivity contribution in [2.24, 2.45) is 0 Å². The fraction of sp³-hybridized carbons (Fsp3) is 0.429. The van der Waals surface area contributed by atoms with Crippen LogP contribution in [0.4, 0.5) is 5.82 Å². The summed E-state index contributed by atoms with van der Waals surface area (Å²) in [5, 5.41) is 13.4. The molecule has 1 saturated heterocycles. The number of hydrogen-bond acceptors (Lipinski definition) is 4. The van der Waals surface area contributed by atoms with Crippen molar-refractivity contribution >= 4 is 22.5 Å². The number of benzene rings is 1. The third-order valence-electron chi connectivity index (χ3n) is 5.81. The van der Waals surface area contributed by atoms with Crippen LogP contribution in [0.5, 0.6) is 0 Å². The van der Waals surface area contributed by atoms with Gasteiger partial charge in [0.2, 0.25) is 0 Å². The number of imidazole rings is 1. The van der Waals surface area contributed by atoms with Gasteiger partial charge in [-0.2, -0.15) is 5.26 Å². The zero-order valence-corrected chi connectivity index (χ0v) is 15.0. The fourth-order valence-electron chi connectivity index (χ4n) is 4.61. The summed E-state index contributed by atoms with van der Waals surface area (Å²) in [5.41, 5.74) is 6.35. The van der Waals surface area contributed by atoms with Crippen molar-refractivity contribution in [1.29, 1.82) is 5.26 Å². The first-order chi connectivity index (χ1) is 12.9. The Morgan fingerprint density at radius 2 is 1.77 bits per heavy atom. The molecule has 3 aromatic rings. The molecule has 5 rings (SSSR count). The van der Waals surface area contributed by atoms with E-state index < -0.39 is 0 Å². The molecule has 5 heteroatoms. The highest BCUT2D eigenvalue weighted by molar-refractivity contribution is 5.86. The van der Waals surface area contributed by atoms with Crippen molar-refractivity contribution in [2.45, 2.75) is 32.1 Å². The smallest absolute Gasteiger partial charge is 0.157 e. The fourth-order valence-corrected chi connectivity index (χ4v) is 4.61. The van der Waals surface area contributed by atoms with Gasteiger partial charge in [0.25, 0.3) is 0 Å². The van der Waals surface area contributed by atoms with E-state index in [1.165, 1.54) is 36.2 Å². The van der Waals surface area contributed by atoms with Crippen molar-refractivity contribution in [3.8, 4) is 6.07 Å². The van der Waals surface area contributed by atoms with Gasteiger partial charge in [0.05, 0.1) is 16.6 Å². The Labute approximate surface area is 153 Å². The molecule has 0 unspecified atom stereocenters. The van der Waals surface area contributed by atoms with Crippen molar-refractivity contribution in [3.05, 3.63) is 41.0 Å². The molecule has 1 N–H and O–H groups in total. The number of nitrogens with one attached hydrogen (secondary N) is 1. The minimum atomic E-state index is 0.789. The summed E-state index contributed by atoms with van der Waals surface area (Å²) in [6.45, 7) is 4.01. The average molecular weight is 345 g/mol. The molecule has 3 heterocycles. The number of hydrogen-bond donors (Lipinski definition) is 1. The maximum absolute atomic E-state index is 9.98. The van der Waals surface area contributed by atoms with Gasteiger partial charge in [0.1, 0.15) is 11.9 Å². The first kappa shape index (κ1) is 15.7. The predicted molar refractivity (Wildman–Crippen MR) is 104 cm³/mol. The van der Waals surface area contributed by atoms with E-state index in [9.17, 15) is 5.26 Å². The van der Waals surface area contributed by atoms with Crippen LogP contribution in [-0.2, 0) is 12.8 Å². The lowest BCUT2D eigenvalue weighted by Gasteiger charge is -2.33. The van der Waals surface area contributed by atoms with Gasteiger partial charge in [-0.25, -0.2) is 4.98 Å². The number of nitriles is 1. The average Bonchev–Trinajstić information content (AvgIpc) is 2.89. The topological polar surface area (TPSA) is 56.4 Å². The van der Waals surface area contributed by atoms with E-state index in [0.29, 0.717) is 0 Å². The molecular formula is C21H23N5. The van der Waals surface area contributed by atoms with Crippen molar-refractivity contribution in [3.63, 3.8) is 0 Å². The number of piperazine rings is 1. The molecular weight excluding hydrogens is 322 g/mol. The highest BCUT2D eigenvalue weighted by atomic mass is 15.3. The maximum Gasteiger partial charge on any atom is 0.157 e. The summed E-state index contributed by atoms with van der Waals surface area (Å²) in [5.74, 6) is 1.28. The largest absolute Gasteiger partial charge is 0.355 e. The third-order valence-corrected chi connectivity index (χ3v) is 5.81. The third kappa shape index (κ3) is 2.29. The number of aromatic nitrogens is 2. The van der Waals surface area contributed by atoms with Crippen LogP contribution in [0.3, 0.4) is 0 Å².